The first-order chi connectivity index (χ1) is 9.47. The minimum atomic E-state index is -0.989. The molecule has 0 radical (unpaired) electrons. The van der Waals surface area contributed by atoms with Gasteiger partial charge in [-0.1, -0.05) is 13.8 Å². The summed E-state index contributed by atoms with van der Waals surface area (Å²) in [6.45, 7) is 6.92. The van der Waals surface area contributed by atoms with Gasteiger partial charge in [-0.25, -0.2) is 9.18 Å². The van der Waals surface area contributed by atoms with Gasteiger partial charge in [0.15, 0.2) is 0 Å². The van der Waals surface area contributed by atoms with Crippen LogP contribution in [0.1, 0.15) is 42.6 Å². The lowest BCUT2D eigenvalue weighted by Gasteiger charge is -2.34. The van der Waals surface area contributed by atoms with Crippen LogP contribution in [0.2, 0.25) is 0 Å². The average molecular weight is 279 g/mol. The summed E-state index contributed by atoms with van der Waals surface area (Å²) >= 11 is 0. The molecule has 3 nitrogen and oxygen atoms in total. The summed E-state index contributed by atoms with van der Waals surface area (Å²) < 4.78 is 13.3. The molecule has 0 bridgehead atoms. The molecule has 0 aliphatic carbocycles. The highest BCUT2D eigenvalue weighted by Gasteiger charge is 2.22. The van der Waals surface area contributed by atoms with Crippen molar-refractivity contribution in [3.63, 3.8) is 0 Å². The molecule has 0 aromatic heterocycles. The molecule has 20 heavy (non-hydrogen) atoms. The fourth-order valence-electron chi connectivity index (χ4n) is 2.92. The first kappa shape index (κ1) is 15.0. The number of hydrogen-bond donors (Lipinski definition) is 1. The Morgan fingerprint density at radius 1 is 1.40 bits per heavy atom. The van der Waals surface area contributed by atoms with Gasteiger partial charge in [0, 0.05) is 6.54 Å². The molecular weight excluding hydrogens is 257 g/mol. The highest BCUT2D eigenvalue weighted by molar-refractivity contribution is 5.89. The van der Waals surface area contributed by atoms with Gasteiger partial charge in [-0.2, -0.15) is 0 Å². The van der Waals surface area contributed by atoms with E-state index in [1.54, 1.807) is 0 Å². The van der Waals surface area contributed by atoms with Gasteiger partial charge in [-0.3, -0.25) is 4.90 Å². The van der Waals surface area contributed by atoms with Crippen LogP contribution in [0.25, 0.3) is 0 Å². The molecule has 0 spiro atoms. The van der Waals surface area contributed by atoms with Crippen LogP contribution >= 0.6 is 0 Å². The van der Waals surface area contributed by atoms with Crippen molar-refractivity contribution >= 4 is 5.97 Å². The summed E-state index contributed by atoms with van der Waals surface area (Å²) in [4.78, 5) is 13.4. The summed E-state index contributed by atoms with van der Waals surface area (Å²) in [6.07, 6.45) is 2.27. The van der Waals surface area contributed by atoms with Gasteiger partial charge in [0.1, 0.15) is 5.82 Å². The van der Waals surface area contributed by atoms with Crippen molar-refractivity contribution in [3.05, 3.63) is 35.1 Å². The number of carbonyl (C=O) groups is 1. The van der Waals surface area contributed by atoms with Crippen molar-refractivity contribution in [3.8, 4) is 0 Å². The fourth-order valence-corrected chi connectivity index (χ4v) is 2.92. The minimum absolute atomic E-state index is 0.206. The van der Waals surface area contributed by atoms with Crippen molar-refractivity contribution in [2.45, 2.75) is 33.2 Å². The molecule has 1 aliphatic rings. The highest BCUT2D eigenvalue weighted by atomic mass is 19.1. The SMILES string of the molecule is CC(C)C1CCN(Cc2cc(F)ccc2C(=O)O)CC1. The molecule has 1 saturated heterocycles. The van der Waals surface area contributed by atoms with Crippen molar-refractivity contribution < 1.29 is 14.3 Å². The Morgan fingerprint density at radius 3 is 2.60 bits per heavy atom. The number of rotatable bonds is 4. The lowest BCUT2D eigenvalue weighted by atomic mass is 9.86. The largest absolute Gasteiger partial charge is 0.478 e. The number of aromatic carboxylic acids is 1. The maximum absolute atomic E-state index is 13.3. The Balaban J connectivity index is 2.04. The molecule has 0 saturated carbocycles. The number of nitrogens with zero attached hydrogens (tertiary/aromatic N) is 1. The van der Waals surface area contributed by atoms with Crippen molar-refractivity contribution in [2.75, 3.05) is 13.1 Å². The van der Waals surface area contributed by atoms with Gasteiger partial charge in [-0.05, 0) is 61.5 Å². The quantitative estimate of drug-likeness (QED) is 0.918. The van der Waals surface area contributed by atoms with Gasteiger partial charge >= 0.3 is 5.97 Å². The summed E-state index contributed by atoms with van der Waals surface area (Å²) in [6, 6.07) is 3.91. The van der Waals surface area contributed by atoms with Gasteiger partial charge < -0.3 is 5.11 Å². The number of carboxylic acid groups (broad SMARTS) is 1. The summed E-state index contributed by atoms with van der Waals surface area (Å²) in [7, 11) is 0. The lowest BCUT2D eigenvalue weighted by molar-refractivity contribution is 0.0693. The zero-order valence-electron chi connectivity index (χ0n) is 12.1. The predicted octanol–water partition coefficient (Wildman–Crippen LogP) is 3.39. The third kappa shape index (κ3) is 3.57. The van der Waals surface area contributed by atoms with E-state index in [1.165, 1.54) is 18.2 Å². The van der Waals surface area contributed by atoms with Crippen LogP contribution < -0.4 is 0 Å². The monoisotopic (exact) mass is 279 g/mol. The number of likely N-dealkylation sites (tertiary alicyclic amines) is 1. The van der Waals surface area contributed by atoms with E-state index in [-0.39, 0.29) is 11.4 Å². The highest BCUT2D eigenvalue weighted by Crippen LogP contribution is 2.26. The number of halogens is 1. The standard InChI is InChI=1S/C16H22FNO2/c1-11(2)12-5-7-18(8-6-12)10-13-9-14(17)3-4-15(13)16(19)20/h3-4,9,11-12H,5-8,10H2,1-2H3,(H,19,20). The minimum Gasteiger partial charge on any atom is -0.478 e. The number of benzene rings is 1. The first-order valence-corrected chi connectivity index (χ1v) is 7.21. The molecule has 1 heterocycles. The zero-order valence-corrected chi connectivity index (χ0v) is 12.1. The summed E-state index contributed by atoms with van der Waals surface area (Å²) in [5.41, 5.74) is 0.776. The second-order valence-corrected chi connectivity index (χ2v) is 5.96. The smallest absolute Gasteiger partial charge is 0.336 e. The second-order valence-electron chi connectivity index (χ2n) is 5.96. The van der Waals surface area contributed by atoms with E-state index < -0.39 is 5.97 Å². The summed E-state index contributed by atoms with van der Waals surface area (Å²) in [5, 5.41) is 9.16. The van der Waals surface area contributed by atoms with Crippen molar-refractivity contribution in [1.29, 1.82) is 0 Å². The Labute approximate surface area is 119 Å². The van der Waals surface area contributed by atoms with E-state index in [1.807, 2.05) is 0 Å². The molecule has 1 N–H and O–H groups in total. The molecule has 0 unspecified atom stereocenters. The molecule has 1 aliphatic heterocycles. The molecule has 110 valence electrons. The van der Waals surface area contributed by atoms with Gasteiger partial charge in [0.25, 0.3) is 0 Å². The van der Waals surface area contributed by atoms with Crippen LogP contribution in [0.5, 0.6) is 0 Å². The van der Waals surface area contributed by atoms with Gasteiger partial charge in [0.05, 0.1) is 5.56 Å². The van der Waals surface area contributed by atoms with Crippen LogP contribution in [-0.2, 0) is 6.54 Å². The van der Waals surface area contributed by atoms with Crippen LogP contribution in [0.15, 0.2) is 18.2 Å². The van der Waals surface area contributed by atoms with Crippen LogP contribution in [0, 0.1) is 17.7 Å². The zero-order chi connectivity index (χ0) is 14.7. The Kier molecular flexibility index (Phi) is 4.76. The van der Waals surface area contributed by atoms with Crippen molar-refractivity contribution in [2.24, 2.45) is 11.8 Å². The van der Waals surface area contributed by atoms with Gasteiger partial charge in [0.2, 0.25) is 0 Å². The average Bonchev–Trinajstić information content (AvgIpc) is 2.39. The molecule has 0 amide bonds. The third-order valence-corrected chi connectivity index (χ3v) is 4.27. The van der Waals surface area contributed by atoms with Crippen LogP contribution in [-0.4, -0.2) is 29.1 Å². The van der Waals surface area contributed by atoms with E-state index in [2.05, 4.69) is 18.7 Å². The Morgan fingerprint density at radius 2 is 2.05 bits per heavy atom. The topological polar surface area (TPSA) is 40.5 Å². The molecule has 1 fully saturated rings. The van der Waals surface area contributed by atoms with E-state index in [4.69, 9.17) is 5.11 Å². The maximum Gasteiger partial charge on any atom is 0.336 e. The van der Waals surface area contributed by atoms with E-state index >= 15 is 0 Å². The van der Waals surface area contributed by atoms with Crippen molar-refractivity contribution in [1.82, 2.24) is 4.90 Å². The Bertz CT molecular complexity index is 479. The fraction of sp³-hybridized carbons (Fsp3) is 0.562. The summed E-state index contributed by atoms with van der Waals surface area (Å²) in [5.74, 6) is 0.0812. The molecule has 1 aromatic rings. The second kappa shape index (κ2) is 6.35. The van der Waals surface area contributed by atoms with Gasteiger partial charge in [-0.15, -0.1) is 0 Å². The van der Waals surface area contributed by atoms with E-state index in [9.17, 15) is 9.18 Å². The molecule has 1 aromatic carbocycles. The van der Waals surface area contributed by atoms with Crippen LogP contribution in [0.4, 0.5) is 4.39 Å². The van der Waals surface area contributed by atoms with Crippen LogP contribution in [0.3, 0.4) is 0 Å². The molecule has 4 heteroatoms. The first-order valence-electron chi connectivity index (χ1n) is 7.21. The number of carboxylic acids is 1. The Hall–Kier alpha value is -1.42. The molecular formula is C16H22FNO2. The third-order valence-electron chi connectivity index (χ3n) is 4.27. The van der Waals surface area contributed by atoms with E-state index in [0.29, 0.717) is 18.0 Å². The normalized spacial score (nSPS) is 17.6. The molecule has 0 atom stereocenters. The maximum atomic E-state index is 13.3. The number of hydrogen-bond acceptors (Lipinski definition) is 2. The van der Waals surface area contributed by atoms with E-state index in [0.717, 1.165) is 31.8 Å². The molecule has 2 rings (SSSR count). The predicted molar refractivity (Wildman–Crippen MR) is 76.2 cm³/mol. The lowest BCUT2D eigenvalue weighted by Crippen LogP contribution is -2.35. The number of piperidine rings is 1.